The molecule has 4 N–H and O–H groups in total. The monoisotopic (exact) mass is 667 g/mol. The van der Waals surface area contributed by atoms with E-state index in [1.54, 1.807) is 4.57 Å². The van der Waals surface area contributed by atoms with E-state index in [0.717, 1.165) is 21.8 Å². The fourth-order valence-corrected chi connectivity index (χ4v) is 6.09. The summed E-state index contributed by atoms with van der Waals surface area (Å²) in [6.45, 7) is 0.294. The van der Waals surface area contributed by atoms with Gasteiger partial charge in [0, 0.05) is 22.3 Å². The number of methoxy groups -OCH3 is 1. The van der Waals surface area contributed by atoms with Gasteiger partial charge >= 0.3 is 7.60 Å². The van der Waals surface area contributed by atoms with Gasteiger partial charge in [-0.2, -0.15) is 4.98 Å². The number of hydrogen-bond donors (Lipinski definition) is 3. The van der Waals surface area contributed by atoms with Gasteiger partial charge in [-0.05, 0) is 35.9 Å². The second-order valence-corrected chi connectivity index (χ2v) is 12.4. The molecule has 4 rings (SSSR count). The summed E-state index contributed by atoms with van der Waals surface area (Å²) < 4.78 is 38.0. The van der Waals surface area contributed by atoms with Crippen LogP contribution < -0.4 is 16.0 Å². The number of phenolic OH excluding ortho intramolecular Hbond substituents is 1. The fourth-order valence-electron chi connectivity index (χ4n) is 3.58. The number of aromatic nitrogens is 4. The van der Waals surface area contributed by atoms with Gasteiger partial charge in [-0.25, -0.2) is 4.98 Å². The van der Waals surface area contributed by atoms with Crippen LogP contribution in [0.2, 0.25) is 0 Å². The molecule has 0 radical (unpaired) electrons. The molecule has 0 aliphatic heterocycles. The number of nitrogens with zero attached hydrogens (tertiary/aromatic N) is 3. The van der Waals surface area contributed by atoms with E-state index in [1.807, 2.05) is 24.3 Å². The summed E-state index contributed by atoms with van der Waals surface area (Å²) in [6.07, 6.45) is 1.09. The molecule has 0 amide bonds. The lowest BCUT2D eigenvalue weighted by Crippen LogP contribution is -2.13. The third-order valence-corrected chi connectivity index (χ3v) is 8.52. The number of halogens is 1. The Labute approximate surface area is 247 Å². The summed E-state index contributed by atoms with van der Waals surface area (Å²) in [5.74, 6) is 0.265. The number of phenols is 1. The number of aromatic hydroxyl groups is 1. The molecule has 16 heteroatoms. The minimum atomic E-state index is -3.75. The summed E-state index contributed by atoms with van der Waals surface area (Å²) in [5, 5.41) is 9.46. The highest BCUT2D eigenvalue weighted by molar-refractivity contribution is 9.10. The summed E-state index contributed by atoms with van der Waals surface area (Å²) >= 11 is 4.36. The van der Waals surface area contributed by atoms with Crippen LogP contribution in [0.25, 0.3) is 11.2 Å². The predicted molar refractivity (Wildman–Crippen MR) is 157 cm³/mol. The highest BCUT2D eigenvalue weighted by Crippen LogP contribution is 2.49. The van der Waals surface area contributed by atoms with Crippen molar-refractivity contribution in [3.63, 3.8) is 0 Å². The number of rotatable bonds is 14. The lowest BCUT2D eigenvalue weighted by molar-refractivity contribution is 0.108. The van der Waals surface area contributed by atoms with Crippen molar-refractivity contribution in [2.45, 2.75) is 13.2 Å². The van der Waals surface area contributed by atoms with Crippen molar-refractivity contribution in [2.24, 2.45) is 0 Å². The molecule has 0 aliphatic carbocycles. The molecule has 0 spiro atoms. The Bertz CT molecular complexity index is 1630. The molecular formula is C25H27BrN5O8PS. The Morgan fingerprint density at radius 3 is 2.83 bits per heavy atom. The van der Waals surface area contributed by atoms with Gasteiger partial charge in [0.25, 0.3) is 5.56 Å². The van der Waals surface area contributed by atoms with Crippen molar-refractivity contribution in [3.05, 3.63) is 74.7 Å². The number of hydrogen-bond acceptors (Lipinski definition) is 12. The Morgan fingerprint density at radius 1 is 1.22 bits per heavy atom. The zero-order valence-electron chi connectivity index (χ0n) is 21.8. The molecule has 0 fully saturated rings. The Morgan fingerprint density at radius 2 is 2.05 bits per heavy atom. The van der Waals surface area contributed by atoms with Gasteiger partial charge in [-0.15, -0.1) is 0 Å². The number of aromatic amines is 1. The van der Waals surface area contributed by atoms with Gasteiger partial charge < -0.3 is 33.9 Å². The van der Waals surface area contributed by atoms with Crippen LogP contribution >= 0.6 is 35.3 Å². The van der Waals surface area contributed by atoms with Crippen LogP contribution in [0.5, 0.6) is 11.5 Å². The van der Waals surface area contributed by atoms with Crippen LogP contribution in [0.4, 0.5) is 5.95 Å². The molecule has 2 aromatic heterocycles. The zero-order valence-corrected chi connectivity index (χ0v) is 25.1. The van der Waals surface area contributed by atoms with E-state index in [9.17, 15) is 19.3 Å². The quantitative estimate of drug-likeness (QED) is 0.129. The molecule has 2 aromatic carbocycles. The molecule has 0 aliphatic rings. The van der Waals surface area contributed by atoms with E-state index in [4.69, 9.17) is 24.3 Å². The van der Waals surface area contributed by atoms with Crippen LogP contribution in [-0.2, 0) is 31.5 Å². The first kappa shape index (κ1) is 30.8. The second kappa shape index (κ2) is 14.1. The van der Waals surface area contributed by atoms with Crippen molar-refractivity contribution in [2.75, 3.05) is 38.2 Å². The van der Waals surface area contributed by atoms with Crippen molar-refractivity contribution in [1.29, 1.82) is 0 Å². The van der Waals surface area contributed by atoms with Crippen molar-refractivity contribution < 1.29 is 33.0 Å². The van der Waals surface area contributed by atoms with Gasteiger partial charge in [-0.3, -0.25) is 19.1 Å². The summed E-state index contributed by atoms with van der Waals surface area (Å²) in [4.78, 5) is 35.1. The van der Waals surface area contributed by atoms with Crippen molar-refractivity contribution in [3.8, 4) is 11.5 Å². The molecule has 1 atom stereocenters. The number of carbonyl (C=O) groups excluding carboxylic acids is 1. The number of anilines is 1. The fraction of sp³-hybridized carbons (Fsp3) is 0.280. The molecule has 218 valence electrons. The molecule has 13 nitrogen and oxygen atoms in total. The highest BCUT2D eigenvalue weighted by Gasteiger charge is 2.26. The van der Waals surface area contributed by atoms with Gasteiger partial charge in [0.05, 0.1) is 33.3 Å². The minimum absolute atomic E-state index is 0.0115. The first-order valence-corrected chi connectivity index (χ1v) is 15.6. The zero-order chi connectivity index (χ0) is 29.4. The number of nitrogens with two attached hydrogens (primary N) is 1. The van der Waals surface area contributed by atoms with Gasteiger partial charge in [0.2, 0.25) is 11.1 Å². The standard InChI is InChI=1S/C25H27BrN5O8PS/c1-36-20-12-17(5-6-19(20)32)24(34)41-10-9-38-40(35,39-13-16-3-2-4-18(26)11-16)15-37-8-7-31-14-28-21-22(31)29-25(27)30-23(21)33/h2-6,11-12,14,32H,7-10,13,15H2,1H3,(H3,27,29,30,33). The maximum Gasteiger partial charge on any atom is 0.356 e. The van der Waals surface area contributed by atoms with E-state index >= 15 is 0 Å². The van der Waals surface area contributed by atoms with Gasteiger partial charge in [0.1, 0.15) is 6.35 Å². The average molecular weight is 668 g/mol. The predicted octanol–water partition coefficient (Wildman–Crippen LogP) is 4.15. The number of thioether (sulfide) groups is 1. The Kier molecular flexibility index (Phi) is 10.6. The lowest BCUT2D eigenvalue weighted by Gasteiger charge is -2.19. The lowest BCUT2D eigenvalue weighted by atomic mass is 10.2. The molecule has 0 bridgehead atoms. The average Bonchev–Trinajstić information content (AvgIpc) is 3.35. The smallest absolute Gasteiger partial charge is 0.356 e. The van der Waals surface area contributed by atoms with Gasteiger partial charge in [0.15, 0.2) is 22.7 Å². The van der Waals surface area contributed by atoms with E-state index in [-0.39, 0.29) is 66.5 Å². The van der Waals surface area contributed by atoms with Crippen molar-refractivity contribution >= 4 is 57.5 Å². The number of nitrogen functional groups attached to an aromatic ring is 1. The van der Waals surface area contributed by atoms with Crippen LogP contribution in [0.15, 0.2) is 58.1 Å². The number of nitrogens with one attached hydrogen (secondary N) is 1. The number of fused-ring (bicyclic) bond motifs is 1. The largest absolute Gasteiger partial charge is 0.504 e. The number of ether oxygens (including phenoxy) is 2. The molecule has 4 aromatic rings. The van der Waals surface area contributed by atoms with E-state index in [0.29, 0.717) is 11.2 Å². The number of benzene rings is 2. The summed E-state index contributed by atoms with van der Waals surface area (Å²) in [5.41, 5.74) is 6.73. The van der Waals surface area contributed by atoms with Crippen LogP contribution in [0, 0.1) is 0 Å². The first-order chi connectivity index (χ1) is 19.7. The number of H-pyrrole nitrogens is 1. The molecule has 41 heavy (non-hydrogen) atoms. The SMILES string of the molecule is COc1cc(C(=O)SCCOP(=O)(COCCn2cnc3c(=O)[nH]c(N)nc32)OCc2cccc(Br)c2)ccc1O. The number of imidazole rings is 1. The molecule has 2 heterocycles. The van der Waals surface area contributed by atoms with Gasteiger partial charge in [-0.1, -0.05) is 39.8 Å². The van der Waals surface area contributed by atoms with E-state index in [2.05, 4.69) is 30.9 Å². The maximum absolute atomic E-state index is 13.6. The minimum Gasteiger partial charge on any atom is -0.504 e. The topological polar surface area (TPSA) is 181 Å². The molecule has 0 saturated carbocycles. The second-order valence-electron chi connectivity index (χ2n) is 8.47. The molecular weight excluding hydrogens is 641 g/mol. The number of carbonyl (C=O) groups is 1. The Hall–Kier alpha value is -3.20. The van der Waals surface area contributed by atoms with Crippen LogP contribution in [0.3, 0.4) is 0 Å². The summed E-state index contributed by atoms with van der Waals surface area (Å²) in [6, 6.07) is 11.6. The van der Waals surface area contributed by atoms with E-state index in [1.165, 1.54) is 31.6 Å². The van der Waals surface area contributed by atoms with Crippen molar-refractivity contribution in [1.82, 2.24) is 19.5 Å². The normalized spacial score (nSPS) is 12.8. The first-order valence-electron chi connectivity index (χ1n) is 12.1. The third-order valence-electron chi connectivity index (χ3n) is 5.56. The Balaban J connectivity index is 1.34. The maximum atomic E-state index is 13.6. The molecule has 1 unspecified atom stereocenters. The van der Waals surface area contributed by atoms with Crippen LogP contribution in [0.1, 0.15) is 15.9 Å². The van der Waals surface area contributed by atoms with E-state index < -0.39 is 13.2 Å². The highest BCUT2D eigenvalue weighted by atomic mass is 79.9. The summed E-state index contributed by atoms with van der Waals surface area (Å²) in [7, 11) is -2.36. The van der Waals surface area contributed by atoms with Crippen LogP contribution in [-0.4, -0.2) is 62.2 Å². The third kappa shape index (κ3) is 8.41. The molecule has 0 saturated heterocycles.